The summed E-state index contributed by atoms with van der Waals surface area (Å²) in [5, 5.41) is 12.2. The highest BCUT2D eigenvalue weighted by atomic mass is 16.5. The highest BCUT2D eigenvalue weighted by molar-refractivity contribution is 5.88. The maximum absolute atomic E-state index is 10.8. The monoisotopic (exact) mass is 285 g/mol. The average Bonchev–Trinajstić information content (AvgIpc) is 2.48. The van der Waals surface area contributed by atoms with Gasteiger partial charge in [-0.1, -0.05) is 18.2 Å². The molecule has 0 aliphatic carbocycles. The summed E-state index contributed by atoms with van der Waals surface area (Å²) >= 11 is 0. The molecule has 0 aliphatic rings. The molecule has 0 heterocycles. The molecule has 0 fully saturated rings. The zero-order chi connectivity index (χ0) is 15.2. The van der Waals surface area contributed by atoms with Crippen molar-refractivity contribution in [3.8, 4) is 5.75 Å². The summed E-state index contributed by atoms with van der Waals surface area (Å²) in [5.41, 5.74) is 2.23. The van der Waals surface area contributed by atoms with Gasteiger partial charge in [0.2, 0.25) is 0 Å². The van der Waals surface area contributed by atoms with Crippen LogP contribution in [0, 0.1) is 0 Å². The second-order valence-electron chi connectivity index (χ2n) is 4.72. The van der Waals surface area contributed by atoms with Crippen LogP contribution in [0.15, 0.2) is 48.5 Å². The number of benzene rings is 2. The molecule has 0 spiro atoms. The summed E-state index contributed by atoms with van der Waals surface area (Å²) in [7, 11) is 0. The van der Waals surface area contributed by atoms with E-state index in [9.17, 15) is 4.79 Å². The lowest BCUT2D eigenvalue weighted by atomic mass is 10.1. The molecule has 0 saturated heterocycles. The Morgan fingerprint density at radius 1 is 1.19 bits per heavy atom. The lowest BCUT2D eigenvalue weighted by Gasteiger charge is -2.19. The molecule has 0 bridgehead atoms. The normalized spacial score (nSPS) is 11.7. The number of rotatable bonds is 6. The van der Waals surface area contributed by atoms with Crippen LogP contribution in [0.25, 0.3) is 0 Å². The number of carboxylic acids is 1. The Bertz CT molecular complexity index is 608. The Morgan fingerprint density at radius 2 is 1.86 bits per heavy atom. The van der Waals surface area contributed by atoms with E-state index in [1.54, 1.807) is 24.3 Å². The van der Waals surface area contributed by atoms with Crippen LogP contribution in [0.3, 0.4) is 0 Å². The van der Waals surface area contributed by atoms with Gasteiger partial charge in [-0.3, -0.25) is 0 Å². The first-order chi connectivity index (χ1) is 10.1. The number of hydrogen-bond donors (Lipinski definition) is 2. The molecule has 1 unspecified atom stereocenters. The lowest BCUT2D eigenvalue weighted by molar-refractivity contribution is 0.0697. The summed E-state index contributed by atoms with van der Waals surface area (Å²) in [4.78, 5) is 10.8. The van der Waals surface area contributed by atoms with Crippen molar-refractivity contribution in [1.29, 1.82) is 0 Å². The average molecular weight is 285 g/mol. The van der Waals surface area contributed by atoms with Crippen LogP contribution in [0.1, 0.15) is 35.8 Å². The first-order valence-electron chi connectivity index (χ1n) is 6.93. The summed E-state index contributed by atoms with van der Waals surface area (Å²) in [6, 6.07) is 14.7. The fraction of sp³-hybridized carbons (Fsp3) is 0.235. The number of aromatic carboxylic acids is 1. The molecule has 2 aromatic rings. The van der Waals surface area contributed by atoms with Crippen molar-refractivity contribution in [2.45, 2.75) is 19.9 Å². The molecule has 1 atom stereocenters. The van der Waals surface area contributed by atoms with Gasteiger partial charge in [-0.2, -0.15) is 0 Å². The Hall–Kier alpha value is -2.49. The molecule has 0 saturated carbocycles. The summed E-state index contributed by atoms with van der Waals surface area (Å²) < 4.78 is 5.63. The number of hydrogen-bond acceptors (Lipinski definition) is 3. The summed E-state index contributed by atoms with van der Waals surface area (Å²) in [6.07, 6.45) is 0. The predicted octanol–water partition coefficient (Wildman–Crippen LogP) is 3.96. The highest BCUT2D eigenvalue weighted by Gasteiger charge is 2.11. The molecule has 2 rings (SSSR count). The minimum atomic E-state index is -0.920. The molecule has 4 nitrogen and oxygen atoms in total. The second-order valence-corrected chi connectivity index (χ2v) is 4.72. The van der Waals surface area contributed by atoms with Gasteiger partial charge < -0.3 is 15.2 Å². The zero-order valence-corrected chi connectivity index (χ0v) is 12.2. The molecule has 0 aliphatic heterocycles. The molecule has 110 valence electrons. The number of anilines is 1. The van der Waals surface area contributed by atoms with E-state index < -0.39 is 5.97 Å². The number of carboxylic acid groups (broad SMARTS) is 1. The van der Waals surface area contributed by atoms with E-state index in [-0.39, 0.29) is 11.6 Å². The van der Waals surface area contributed by atoms with E-state index in [1.807, 2.05) is 38.1 Å². The Kier molecular flexibility index (Phi) is 4.82. The van der Waals surface area contributed by atoms with Gasteiger partial charge >= 0.3 is 5.97 Å². The third-order valence-electron chi connectivity index (χ3n) is 3.20. The fourth-order valence-corrected chi connectivity index (χ4v) is 2.16. The highest BCUT2D eigenvalue weighted by Crippen LogP contribution is 2.27. The first kappa shape index (κ1) is 14.9. The van der Waals surface area contributed by atoms with E-state index in [0.717, 1.165) is 17.0 Å². The van der Waals surface area contributed by atoms with Gasteiger partial charge in [0.1, 0.15) is 5.75 Å². The topological polar surface area (TPSA) is 58.6 Å². The van der Waals surface area contributed by atoms with E-state index in [4.69, 9.17) is 9.84 Å². The maximum atomic E-state index is 10.8. The van der Waals surface area contributed by atoms with Crippen LogP contribution in [0.2, 0.25) is 0 Å². The minimum absolute atomic E-state index is 0.0587. The van der Waals surface area contributed by atoms with Crippen molar-refractivity contribution < 1.29 is 14.6 Å². The second kappa shape index (κ2) is 6.79. The van der Waals surface area contributed by atoms with E-state index in [0.29, 0.717) is 6.61 Å². The van der Waals surface area contributed by atoms with Gasteiger partial charge in [0.25, 0.3) is 0 Å². The van der Waals surface area contributed by atoms with E-state index in [2.05, 4.69) is 5.32 Å². The molecule has 0 radical (unpaired) electrons. The Balaban J connectivity index is 2.14. The smallest absolute Gasteiger partial charge is 0.335 e. The van der Waals surface area contributed by atoms with Crippen LogP contribution in [0.4, 0.5) is 5.69 Å². The van der Waals surface area contributed by atoms with Crippen molar-refractivity contribution in [2.24, 2.45) is 0 Å². The van der Waals surface area contributed by atoms with Crippen molar-refractivity contribution in [1.82, 2.24) is 0 Å². The number of carbonyl (C=O) groups is 1. The van der Waals surface area contributed by atoms with E-state index >= 15 is 0 Å². The molecule has 2 N–H and O–H groups in total. The fourth-order valence-electron chi connectivity index (χ4n) is 2.16. The van der Waals surface area contributed by atoms with Gasteiger partial charge in [-0.15, -0.1) is 0 Å². The molecule has 0 aromatic heterocycles. The quantitative estimate of drug-likeness (QED) is 0.843. The largest absolute Gasteiger partial charge is 0.494 e. The van der Waals surface area contributed by atoms with Crippen LogP contribution >= 0.6 is 0 Å². The van der Waals surface area contributed by atoms with Crippen molar-refractivity contribution in [2.75, 3.05) is 11.9 Å². The van der Waals surface area contributed by atoms with Gasteiger partial charge in [-0.05, 0) is 44.2 Å². The summed E-state index contributed by atoms with van der Waals surface area (Å²) in [6.45, 7) is 4.62. The van der Waals surface area contributed by atoms with Gasteiger partial charge in [-0.25, -0.2) is 4.79 Å². The molecule has 2 aromatic carbocycles. The standard InChI is InChI=1S/C17H19NO3/c1-3-21-16-7-5-4-6-15(16)12(2)18-14-10-8-13(9-11-14)17(19)20/h4-12,18H,3H2,1-2H3,(H,19,20). The number of para-hydroxylation sites is 1. The minimum Gasteiger partial charge on any atom is -0.494 e. The predicted molar refractivity (Wildman–Crippen MR) is 83.1 cm³/mol. The molecular weight excluding hydrogens is 266 g/mol. The molecule has 21 heavy (non-hydrogen) atoms. The number of ether oxygens (including phenoxy) is 1. The Morgan fingerprint density at radius 3 is 2.48 bits per heavy atom. The van der Waals surface area contributed by atoms with Crippen LogP contribution in [0.5, 0.6) is 5.75 Å². The first-order valence-corrected chi connectivity index (χ1v) is 6.93. The van der Waals surface area contributed by atoms with Crippen molar-refractivity contribution in [3.05, 3.63) is 59.7 Å². The molecule has 0 amide bonds. The van der Waals surface area contributed by atoms with Crippen LogP contribution in [-0.4, -0.2) is 17.7 Å². The zero-order valence-electron chi connectivity index (χ0n) is 12.2. The maximum Gasteiger partial charge on any atom is 0.335 e. The third-order valence-corrected chi connectivity index (χ3v) is 3.20. The van der Waals surface area contributed by atoms with Crippen LogP contribution in [-0.2, 0) is 0 Å². The summed E-state index contributed by atoms with van der Waals surface area (Å²) in [5.74, 6) is -0.0570. The van der Waals surface area contributed by atoms with Crippen molar-refractivity contribution in [3.63, 3.8) is 0 Å². The van der Waals surface area contributed by atoms with Crippen molar-refractivity contribution >= 4 is 11.7 Å². The van der Waals surface area contributed by atoms with E-state index in [1.165, 1.54) is 0 Å². The molecule has 4 heteroatoms. The number of nitrogens with one attached hydrogen (secondary N) is 1. The third kappa shape index (κ3) is 3.75. The lowest BCUT2D eigenvalue weighted by Crippen LogP contribution is -2.09. The van der Waals surface area contributed by atoms with Gasteiger partial charge in [0.05, 0.1) is 18.2 Å². The van der Waals surface area contributed by atoms with Gasteiger partial charge in [0, 0.05) is 11.3 Å². The Labute approximate surface area is 124 Å². The molecular formula is C17H19NO3. The van der Waals surface area contributed by atoms with Gasteiger partial charge in [0.15, 0.2) is 0 Å². The van der Waals surface area contributed by atoms with Crippen LogP contribution < -0.4 is 10.1 Å². The SMILES string of the molecule is CCOc1ccccc1C(C)Nc1ccc(C(=O)O)cc1.